The van der Waals surface area contributed by atoms with Gasteiger partial charge in [-0.25, -0.2) is 9.67 Å². The lowest BCUT2D eigenvalue weighted by Crippen LogP contribution is -2.43. The molecule has 0 radical (unpaired) electrons. The zero-order chi connectivity index (χ0) is 22.9. The first-order chi connectivity index (χ1) is 16.0. The fourth-order valence-electron chi connectivity index (χ4n) is 5.49. The number of hydrogen-bond donors (Lipinski definition) is 1. The summed E-state index contributed by atoms with van der Waals surface area (Å²) in [6.07, 6.45) is 10.00. The molecule has 176 valence electrons. The van der Waals surface area contributed by atoms with Crippen LogP contribution < -0.4 is 10.1 Å². The highest BCUT2D eigenvalue weighted by Crippen LogP contribution is 2.31. The molecular formula is C25H34N6O2. The van der Waals surface area contributed by atoms with E-state index < -0.39 is 0 Å². The number of methoxy groups -OCH3 is 1. The Balaban J connectivity index is 1.47. The maximum absolute atomic E-state index is 5.80. The van der Waals surface area contributed by atoms with Gasteiger partial charge >= 0.3 is 0 Å². The number of nitrogens with one attached hydrogen (secondary N) is 1. The summed E-state index contributed by atoms with van der Waals surface area (Å²) in [6, 6.07) is 3.20. The topological polar surface area (TPSA) is 79.0 Å². The van der Waals surface area contributed by atoms with Crippen molar-refractivity contribution in [1.82, 2.24) is 29.9 Å². The number of piperidine rings is 1. The summed E-state index contributed by atoms with van der Waals surface area (Å²) in [5.41, 5.74) is 6.46. The van der Waals surface area contributed by atoms with Crippen LogP contribution in [0.15, 0.2) is 24.7 Å². The van der Waals surface area contributed by atoms with Crippen molar-refractivity contribution in [3.05, 3.63) is 41.5 Å². The van der Waals surface area contributed by atoms with Crippen LogP contribution in [0, 0.1) is 12.8 Å². The zero-order valence-corrected chi connectivity index (χ0v) is 20.0. The molecule has 3 aromatic heterocycles. The number of aromatic nitrogens is 5. The standard InChI is InChI=1S/C25H34N6O2/c1-16-9-21(13-26-25(16)32-4)31-23-6-8-33-7-5-22(23)24(29-31)20-12-27-30(15-20)14-19-10-17(2)28-18(3)11-19/h9,12-13,15,17-19,28H,5-8,10-11,14H2,1-4H3/t17-,18?,19?/m0/s1. The van der Waals surface area contributed by atoms with Gasteiger partial charge in [-0.1, -0.05) is 0 Å². The van der Waals surface area contributed by atoms with E-state index in [1.807, 2.05) is 24.0 Å². The predicted molar refractivity (Wildman–Crippen MR) is 127 cm³/mol. The second-order valence-electron chi connectivity index (χ2n) is 9.57. The second-order valence-corrected chi connectivity index (χ2v) is 9.57. The van der Waals surface area contributed by atoms with Crippen LogP contribution in [-0.4, -0.2) is 57.0 Å². The molecule has 0 bridgehead atoms. The highest BCUT2D eigenvalue weighted by Gasteiger charge is 2.25. The van der Waals surface area contributed by atoms with E-state index in [0.717, 1.165) is 41.9 Å². The molecule has 2 unspecified atom stereocenters. The Morgan fingerprint density at radius 3 is 2.70 bits per heavy atom. The monoisotopic (exact) mass is 450 g/mol. The highest BCUT2D eigenvalue weighted by molar-refractivity contribution is 5.64. The molecule has 1 saturated heterocycles. The van der Waals surface area contributed by atoms with Crippen LogP contribution in [0.1, 0.15) is 43.5 Å². The van der Waals surface area contributed by atoms with Gasteiger partial charge in [0.1, 0.15) is 0 Å². The van der Waals surface area contributed by atoms with E-state index in [0.29, 0.717) is 37.1 Å². The summed E-state index contributed by atoms with van der Waals surface area (Å²) in [6.45, 7) is 8.92. The van der Waals surface area contributed by atoms with E-state index in [4.69, 9.17) is 19.7 Å². The van der Waals surface area contributed by atoms with Gasteiger partial charge in [0.05, 0.1) is 49.8 Å². The Labute approximate surface area is 195 Å². The van der Waals surface area contributed by atoms with Gasteiger partial charge in [0.15, 0.2) is 0 Å². The van der Waals surface area contributed by atoms with Crippen molar-refractivity contribution >= 4 is 0 Å². The summed E-state index contributed by atoms with van der Waals surface area (Å²) < 4.78 is 15.3. The molecular weight excluding hydrogens is 416 g/mol. The Morgan fingerprint density at radius 2 is 1.94 bits per heavy atom. The van der Waals surface area contributed by atoms with E-state index in [-0.39, 0.29) is 0 Å². The number of hydrogen-bond acceptors (Lipinski definition) is 6. The summed E-state index contributed by atoms with van der Waals surface area (Å²) in [5.74, 6) is 1.28. The van der Waals surface area contributed by atoms with Gasteiger partial charge in [0.25, 0.3) is 0 Å². The smallest absolute Gasteiger partial charge is 0.216 e. The SMILES string of the molecule is COc1ncc(-n2nc(-c3cnn(CC4CC(C)N[C@@H](C)C4)c3)c3c2CCOCC3)cc1C. The van der Waals surface area contributed by atoms with Crippen molar-refractivity contribution in [2.75, 3.05) is 20.3 Å². The molecule has 5 heterocycles. The fraction of sp³-hybridized carbons (Fsp3) is 0.560. The van der Waals surface area contributed by atoms with E-state index in [9.17, 15) is 0 Å². The third-order valence-electron chi connectivity index (χ3n) is 6.82. The number of aryl methyl sites for hydroxylation is 1. The Hall–Kier alpha value is -2.71. The van der Waals surface area contributed by atoms with E-state index >= 15 is 0 Å². The van der Waals surface area contributed by atoms with Crippen LogP contribution >= 0.6 is 0 Å². The molecule has 0 spiro atoms. The van der Waals surface area contributed by atoms with Crippen LogP contribution in [-0.2, 0) is 24.1 Å². The maximum atomic E-state index is 5.80. The van der Waals surface area contributed by atoms with Crippen molar-refractivity contribution < 1.29 is 9.47 Å². The minimum Gasteiger partial charge on any atom is -0.481 e. The summed E-state index contributed by atoms with van der Waals surface area (Å²) in [4.78, 5) is 4.47. The average Bonchev–Trinajstić information content (AvgIpc) is 3.29. The molecule has 0 aromatic carbocycles. The largest absolute Gasteiger partial charge is 0.481 e. The van der Waals surface area contributed by atoms with Crippen LogP contribution in [0.4, 0.5) is 0 Å². The number of rotatable bonds is 5. The molecule has 8 nitrogen and oxygen atoms in total. The third kappa shape index (κ3) is 4.54. The third-order valence-corrected chi connectivity index (χ3v) is 6.82. The molecule has 33 heavy (non-hydrogen) atoms. The quantitative estimate of drug-likeness (QED) is 0.642. The summed E-state index contributed by atoms with van der Waals surface area (Å²) in [5, 5.41) is 13.4. The van der Waals surface area contributed by atoms with Crippen molar-refractivity contribution in [2.24, 2.45) is 5.92 Å². The normalized spacial score (nSPS) is 23.2. The van der Waals surface area contributed by atoms with Crippen LogP contribution in [0.3, 0.4) is 0 Å². The number of pyridine rings is 1. The Kier molecular flexibility index (Phi) is 6.21. The van der Waals surface area contributed by atoms with Gasteiger partial charge in [-0.3, -0.25) is 4.68 Å². The maximum Gasteiger partial charge on any atom is 0.216 e. The molecule has 0 saturated carbocycles. The van der Waals surface area contributed by atoms with Gasteiger partial charge in [-0.2, -0.15) is 10.2 Å². The molecule has 2 aliphatic heterocycles. The lowest BCUT2D eigenvalue weighted by Gasteiger charge is -2.32. The lowest BCUT2D eigenvalue weighted by molar-refractivity contribution is 0.145. The minimum absolute atomic E-state index is 0.557. The second kappa shape index (κ2) is 9.27. The Bertz CT molecular complexity index is 1110. The van der Waals surface area contributed by atoms with Gasteiger partial charge in [-0.15, -0.1) is 0 Å². The average molecular weight is 451 g/mol. The van der Waals surface area contributed by atoms with Crippen LogP contribution in [0.5, 0.6) is 5.88 Å². The number of nitrogens with zero attached hydrogens (tertiary/aromatic N) is 5. The minimum atomic E-state index is 0.557. The Morgan fingerprint density at radius 1 is 1.15 bits per heavy atom. The van der Waals surface area contributed by atoms with Gasteiger partial charge < -0.3 is 14.8 Å². The van der Waals surface area contributed by atoms with E-state index in [1.165, 1.54) is 24.1 Å². The van der Waals surface area contributed by atoms with E-state index in [2.05, 4.69) is 41.1 Å². The first-order valence-electron chi connectivity index (χ1n) is 12.0. The molecule has 0 amide bonds. The van der Waals surface area contributed by atoms with Crippen molar-refractivity contribution in [3.8, 4) is 22.8 Å². The molecule has 2 aliphatic rings. The zero-order valence-electron chi connectivity index (χ0n) is 20.0. The molecule has 1 fully saturated rings. The molecule has 8 heteroatoms. The molecule has 1 N–H and O–H groups in total. The van der Waals surface area contributed by atoms with Gasteiger partial charge in [-0.05, 0) is 52.0 Å². The number of fused-ring (bicyclic) bond motifs is 1. The van der Waals surface area contributed by atoms with E-state index in [1.54, 1.807) is 7.11 Å². The summed E-state index contributed by atoms with van der Waals surface area (Å²) >= 11 is 0. The first kappa shape index (κ1) is 22.1. The predicted octanol–water partition coefficient (Wildman–Crippen LogP) is 3.34. The lowest BCUT2D eigenvalue weighted by atomic mass is 9.89. The van der Waals surface area contributed by atoms with Gasteiger partial charge in [0, 0.05) is 47.9 Å². The fourth-order valence-corrected chi connectivity index (χ4v) is 5.49. The van der Waals surface area contributed by atoms with Crippen molar-refractivity contribution in [2.45, 2.75) is 65.1 Å². The highest BCUT2D eigenvalue weighted by atomic mass is 16.5. The van der Waals surface area contributed by atoms with Gasteiger partial charge in [0.2, 0.25) is 5.88 Å². The molecule has 0 aliphatic carbocycles. The number of ether oxygens (including phenoxy) is 2. The van der Waals surface area contributed by atoms with Crippen molar-refractivity contribution in [1.29, 1.82) is 0 Å². The van der Waals surface area contributed by atoms with Crippen molar-refractivity contribution in [3.63, 3.8) is 0 Å². The molecule has 3 atom stereocenters. The molecule has 5 rings (SSSR count). The summed E-state index contributed by atoms with van der Waals surface area (Å²) in [7, 11) is 1.65. The van der Waals surface area contributed by atoms with Crippen LogP contribution in [0.25, 0.3) is 16.9 Å². The molecule has 3 aromatic rings. The van der Waals surface area contributed by atoms with Crippen LogP contribution in [0.2, 0.25) is 0 Å². The first-order valence-corrected chi connectivity index (χ1v) is 12.0.